The molecular weight excluding hydrogens is 512 g/mol. The van der Waals surface area contributed by atoms with Crippen LogP contribution in [0.3, 0.4) is 0 Å². The Bertz CT molecular complexity index is 1410. The zero-order valence-corrected chi connectivity index (χ0v) is 25.9. The summed E-state index contributed by atoms with van der Waals surface area (Å²) in [5.41, 5.74) is 19.3. The van der Waals surface area contributed by atoms with Crippen molar-refractivity contribution in [2.24, 2.45) is 28.7 Å². The van der Waals surface area contributed by atoms with E-state index in [0.717, 1.165) is 57.5 Å². The second-order valence-electron chi connectivity index (χ2n) is 13.6. The molecule has 0 aromatic heterocycles. The number of rotatable bonds is 6. The lowest BCUT2D eigenvalue weighted by Crippen LogP contribution is -2.58. The van der Waals surface area contributed by atoms with E-state index >= 15 is 0 Å². The molecule has 0 spiro atoms. The van der Waals surface area contributed by atoms with Gasteiger partial charge in [0.05, 0.1) is 6.04 Å². The van der Waals surface area contributed by atoms with Crippen molar-refractivity contribution in [3.63, 3.8) is 0 Å². The summed E-state index contributed by atoms with van der Waals surface area (Å²) in [5.74, 6) is -0.202. The van der Waals surface area contributed by atoms with Gasteiger partial charge in [-0.2, -0.15) is 0 Å². The molecular formula is C34H48N4O3. The lowest BCUT2D eigenvalue weighted by Gasteiger charge is -2.54. The van der Waals surface area contributed by atoms with Crippen LogP contribution in [0.5, 0.6) is 0 Å². The molecule has 0 unspecified atom stereocenters. The molecule has 0 saturated carbocycles. The van der Waals surface area contributed by atoms with Crippen LogP contribution in [-0.4, -0.2) is 46.8 Å². The summed E-state index contributed by atoms with van der Waals surface area (Å²) in [6.07, 6.45) is 2.56. The standard InChI is InChI=1S/C34H48N4O3/c1-17-26(37-27(39)11-12-33(6,7)8)15-23(16-35)24-13-22-14-25-31(38(9)10)32(40)30(21(5)36)20(4)34(25,41)19(3)29(22)18(2)28(17)24/h15,22,25,31,40-41H,2,4-5,11-14,16,35-36H2,1,3,6-10H3,(H,37,39)/t22-,25-,31-,34-/m0/s1. The minimum Gasteiger partial charge on any atom is -0.510 e. The molecule has 4 atom stereocenters. The minimum atomic E-state index is -1.44. The van der Waals surface area contributed by atoms with Gasteiger partial charge in [-0.3, -0.25) is 9.69 Å². The van der Waals surface area contributed by atoms with Gasteiger partial charge in [-0.05, 0) is 109 Å². The largest absolute Gasteiger partial charge is 0.510 e. The highest BCUT2D eigenvalue weighted by Gasteiger charge is 2.57. The van der Waals surface area contributed by atoms with Crippen LogP contribution in [0.15, 0.2) is 59.6 Å². The smallest absolute Gasteiger partial charge is 0.224 e. The molecule has 7 N–H and O–H groups in total. The maximum absolute atomic E-state index is 12.9. The van der Waals surface area contributed by atoms with Crippen LogP contribution < -0.4 is 16.8 Å². The first kappa shape index (κ1) is 30.8. The number of hydrogen-bond donors (Lipinski definition) is 5. The number of nitrogens with zero attached hydrogens (tertiary/aromatic N) is 1. The quantitative estimate of drug-likeness (QED) is 0.323. The van der Waals surface area contributed by atoms with Crippen molar-refractivity contribution in [1.29, 1.82) is 0 Å². The summed E-state index contributed by atoms with van der Waals surface area (Å²) in [6, 6.07) is 1.55. The highest BCUT2D eigenvalue weighted by atomic mass is 16.3. The van der Waals surface area contributed by atoms with Gasteiger partial charge < -0.3 is 27.0 Å². The topological polar surface area (TPSA) is 125 Å². The Hall–Kier alpha value is -3.13. The van der Waals surface area contributed by atoms with Gasteiger partial charge in [0.1, 0.15) is 11.4 Å². The molecule has 0 aliphatic heterocycles. The monoisotopic (exact) mass is 560 g/mol. The molecule has 1 amide bonds. The number of aliphatic hydroxyl groups excluding tert-OH is 1. The van der Waals surface area contributed by atoms with Crippen LogP contribution in [0, 0.1) is 24.2 Å². The fourth-order valence-electron chi connectivity index (χ4n) is 7.42. The van der Waals surface area contributed by atoms with Crippen LogP contribution in [0.4, 0.5) is 5.69 Å². The lowest BCUT2D eigenvalue weighted by molar-refractivity contribution is -0.116. The molecule has 222 valence electrons. The molecule has 0 bridgehead atoms. The van der Waals surface area contributed by atoms with E-state index in [1.165, 1.54) is 0 Å². The van der Waals surface area contributed by atoms with Crippen LogP contribution >= 0.6 is 0 Å². The van der Waals surface area contributed by atoms with Gasteiger partial charge in [0.25, 0.3) is 0 Å². The number of likely N-dealkylation sites (N-methyl/N-ethyl adjacent to an activating group) is 1. The van der Waals surface area contributed by atoms with Gasteiger partial charge in [0.15, 0.2) is 0 Å². The second-order valence-corrected chi connectivity index (χ2v) is 13.6. The van der Waals surface area contributed by atoms with Gasteiger partial charge in [0.2, 0.25) is 5.91 Å². The first-order valence-corrected chi connectivity index (χ1v) is 14.5. The van der Waals surface area contributed by atoms with E-state index in [1.54, 1.807) is 0 Å². The summed E-state index contributed by atoms with van der Waals surface area (Å²) in [4.78, 5) is 14.8. The number of allylic oxidation sites excluding steroid dienone is 3. The van der Waals surface area contributed by atoms with E-state index in [0.29, 0.717) is 30.5 Å². The third kappa shape index (κ3) is 4.98. The summed E-state index contributed by atoms with van der Waals surface area (Å²) in [7, 11) is 3.78. The number of carbonyl (C=O) groups excluding carboxylic acids is 1. The maximum atomic E-state index is 12.9. The van der Waals surface area contributed by atoms with E-state index < -0.39 is 11.6 Å². The van der Waals surface area contributed by atoms with Crippen LogP contribution in [0.2, 0.25) is 0 Å². The van der Waals surface area contributed by atoms with E-state index in [4.69, 9.17) is 11.5 Å². The molecule has 7 nitrogen and oxygen atoms in total. The Morgan fingerprint density at radius 1 is 1.24 bits per heavy atom. The number of anilines is 1. The van der Waals surface area contributed by atoms with Gasteiger partial charge in [0, 0.05) is 35.8 Å². The highest BCUT2D eigenvalue weighted by molar-refractivity contribution is 5.95. The molecule has 0 saturated heterocycles. The molecule has 7 heteroatoms. The second kappa shape index (κ2) is 10.6. The van der Waals surface area contributed by atoms with Crippen LogP contribution in [0.1, 0.15) is 69.2 Å². The SMILES string of the molecule is C=C(N)C1=C(O)[C@@H](N(C)C)[C@@H]2C[C@@H]3Cc4c(CN)cc(NC(=O)CCC(C)(C)C)c(C)c4C(=C)C3=C(C)[C@]2(O)C1=C. The Kier molecular flexibility index (Phi) is 7.97. The third-order valence-corrected chi connectivity index (χ3v) is 9.48. The van der Waals surface area contributed by atoms with Crippen molar-refractivity contribution in [1.82, 2.24) is 4.90 Å². The predicted molar refractivity (Wildman–Crippen MR) is 168 cm³/mol. The third-order valence-electron chi connectivity index (χ3n) is 9.48. The Labute approximate surface area is 245 Å². The zero-order valence-electron chi connectivity index (χ0n) is 25.9. The average molecular weight is 561 g/mol. The molecule has 0 fully saturated rings. The van der Waals surface area contributed by atoms with E-state index in [-0.39, 0.29) is 34.6 Å². The van der Waals surface area contributed by atoms with Gasteiger partial charge >= 0.3 is 0 Å². The van der Waals surface area contributed by atoms with Crippen molar-refractivity contribution in [2.75, 3.05) is 19.4 Å². The number of nitrogens with one attached hydrogen (secondary N) is 1. The number of fused-ring (bicyclic) bond motifs is 3. The molecule has 3 aliphatic rings. The molecule has 4 rings (SSSR count). The molecule has 41 heavy (non-hydrogen) atoms. The molecule has 1 aromatic carbocycles. The summed E-state index contributed by atoms with van der Waals surface area (Å²) < 4.78 is 0. The Morgan fingerprint density at radius 2 is 1.88 bits per heavy atom. The molecule has 0 radical (unpaired) electrons. The van der Waals surface area contributed by atoms with E-state index in [2.05, 4.69) is 45.8 Å². The van der Waals surface area contributed by atoms with Crippen molar-refractivity contribution < 1.29 is 15.0 Å². The zero-order chi connectivity index (χ0) is 30.8. The Morgan fingerprint density at radius 3 is 2.41 bits per heavy atom. The van der Waals surface area contributed by atoms with E-state index in [1.807, 2.05) is 38.9 Å². The number of benzene rings is 1. The van der Waals surface area contributed by atoms with Crippen molar-refractivity contribution in [3.05, 3.63) is 81.8 Å². The normalized spacial score (nSPS) is 26.1. The summed E-state index contributed by atoms with van der Waals surface area (Å²) in [5, 5.41) is 27.0. The van der Waals surface area contributed by atoms with Crippen LogP contribution in [-0.2, 0) is 17.8 Å². The molecule has 1 aromatic rings. The molecule has 0 heterocycles. The van der Waals surface area contributed by atoms with E-state index in [9.17, 15) is 15.0 Å². The number of nitrogens with two attached hydrogens (primary N) is 2. The van der Waals surface area contributed by atoms with Crippen molar-refractivity contribution in [2.45, 2.75) is 78.5 Å². The number of aliphatic hydroxyl groups is 2. The number of amides is 1. The summed E-state index contributed by atoms with van der Waals surface area (Å²) >= 11 is 0. The fourth-order valence-corrected chi connectivity index (χ4v) is 7.42. The predicted octanol–water partition coefficient (Wildman–Crippen LogP) is 5.26. The number of carbonyl (C=O) groups is 1. The van der Waals surface area contributed by atoms with Crippen molar-refractivity contribution >= 4 is 17.2 Å². The minimum absolute atomic E-state index is 0.0233. The first-order chi connectivity index (χ1) is 18.9. The lowest BCUT2D eigenvalue weighted by atomic mass is 9.55. The molecule has 3 aliphatic carbocycles. The fraction of sp³-hybridized carbons (Fsp3) is 0.500. The van der Waals surface area contributed by atoms with Crippen LogP contribution in [0.25, 0.3) is 5.57 Å². The number of hydrogen-bond acceptors (Lipinski definition) is 6. The van der Waals surface area contributed by atoms with Gasteiger partial charge in [-0.1, -0.05) is 40.5 Å². The van der Waals surface area contributed by atoms with Crippen molar-refractivity contribution in [3.8, 4) is 0 Å². The average Bonchev–Trinajstić information content (AvgIpc) is 2.85. The highest BCUT2D eigenvalue weighted by Crippen LogP contribution is 2.58. The Balaban J connectivity index is 1.85. The van der Waals surface area contributed by atoms with Gasteiger partial charge in [-0.25, -0.2) is 0 Å². The summed E-state index contributed by atoms with van der Waals surface area (Å²) in [6.45, 7) is 23.4. The first-order valence-electron chi connectivity index (χ1n) is 14.5. The maximum Gasteiger partial charge on any atom is 0.224 e. The van der Waals surface area contributed by atoms with Gasteiger partial charge in [-0.15, -0.1) is 0 Å².